The number of thiophene rings is 1. The van der Waals surface area contributed by atoms with Gasteiger partial charge in [-0.2, -0.15) is 0 Å². The average molecular weight is 332 g/mol. The number of rotatable bonds is 6. The molecule has 1 N–H and O–H groups in total. The summed E-state index contributed by atoms with van der Waals surface area (Å²) < 4.78 is 5.23. The van der Waals surface area contributed by atoms with Crippen LogP contribution in [0.4, 0.5) is 4.79 Å². The van der Waals surface area contributed by atoms with Gasteiger partial charge in [-0.15, -0.1) is 11.3 Å². The van der Waals surface area contributed by atoms with Crippen LogP contribution in [0.25, 0.3) is 0 Å². The molecule has 0 bridgehead atoms. The molecule has 1 unspecified atom stereocenters. The van der Waals surface area contributed by atoms with E-state index in [9.17, 15) is 9.59 Å². The van der Waals surface area contributed by atoms with Crippen LogP contribution in [-0.2, 0) is 16.1 Å². The second-order valence-corrected chi connectivity index (χ2v) is 6.25. The fraction of sp³-hybridized carbons (Fsp3) is 0.294. The van der Waals surface area contributed by atoms with Gasteiger partial charge in [0.05, 0.1) is 12.5 Å². The van der Waals surface area contributed by atoms with E-state index in [1.807, 2.05) is 47.8 Å². The Morgan fingerprint density at radius 1 is 1.17 bits per heavy atom. The van der Waals surface area contributed by atoms with Crippen molar-refractivity contribution in [2.75, 3.05) is 14.1 Å². The lowest BCUT2D eigenvalue weighted by Gasteiger charge is -2.19. The third-order valence-electron chi connectivity index (χ3n) is 3.27. The molecule has 1 aromatic heterocycles. The summed E-state index contributed by atoms with van der Waals surface area (Å²) in [6, 6.07) is 12.9. The number of hydrogen-bond acceptors (Lipinski definition) is 4. The Kier molecular flexibility index (Phi) is 6.17. The van der Waals surface area contributed by atoms with E-state index in [0.717, 1.165) is 10.4 Å². The molecule has 0 aliphatic heterocycles. The molecule has 6 heteroatoms. The van der Waals surface area contributed by atoms with Gasteiger partial charge in [0.15, 0.2) is 0 Å². The highest BCUT2D eigenvalue weighted by atomic mass is 32.1. The van der Waals surface area contributed by atoms with Crippen LogP contribution in [0.5, 0.6) is 0 Å². The summed E-state index contributed by atoms with van der Waals surface area (Å²) in [5.41, 5.74) is 0.916. The van der Waals surface area contributed by atoms with Crippen LogP contribution in [0.1, 0.15) is 22.9 Å². The van der Waals surface area contributed by atoms with Gasteiger partial charge in [-0.05, 0) is 17.0 Å². The first-order valence-corrected chi connectivity index (χ1v) is 8.15. The van der Waals surface area contributed by atoms with Crippen LogP contribution in [0.15, 0.2) is 47.8 Å². The Labute approximate surface area is 139 Å². The summed E-state index contributed by atoms with van der Waals surface area (Å²) in [5, 5.41) is 4.69. The number of ether oxygens (including phenoxy) is 1. The molecule has 0 aliphatic carbocycles. The Hall–Kier alpha value is -2.34. The highest BCUT2D eigenvalue weighted by Crippen LogP contribution is 2.22. The number of alkyl carbamates (subject to hydrolysis) is 1. The van der Waals surface area contributed by atoms with E-state index >= 15 is 0 Å². The highest BCUT2D eigenvalue weighted by molar-refractivity contribution is 7.10. The molecule has 0 fully saturated rings. The Morgan fingerprint density at radius 2 is 1.91 bits per heavy atom. The molecule has 0 saturated carbocycles. The van der Waals surface area contributed by atoms with Gasteiger partial charge in [-0.1, -0.05) is 36.4 Å². The molecule has 0 spiro atoms. The molecular formula is C17H20N2O3S. The number of carbonyl (C=O) groups excluding carboxylic acids is 2. The Balaban J connectivity index is 1.94. The minimum absolute atomic E-state index is 0.0493. The van der Waals surface area contributed by atoms with E-state index in [1.165, 1.54) is 16.2 Å². The predicted octanol–water partition coefficient (Wildman–Crippen LogP) is 3.19. The summed E-state index contributed by atoms with van der Waals surface area (Å²) >= 11 is 1.50. The zero-order valence-electron chi connectivity index (χ0n) is 13.2. The van der Waals surface area contributed by atoms with Gasteiger partial charge in [-0.3, -0.25) is 4.79 Å². The molecule has 5 nitrogen and oxygen atoms in total. The lowest BCUT2D eigenvalue weighted by atomic mass is 10.1. The standard InChI is InChI=1S/C17H20N2O3S/c1-19(2)16(20)11-14(15-9-6-10-23-15)18-17(21)22-12-13-7-4-3-5-8-13/h3-10,14H,11-12H2,1-2H3,(H,18,21). The number of amides is 2. The van der Waals surface area contributed by atoms with Crippen molar-refractivity contribution in [2.45, 2.75) is 19.1 Å². The number of carbonyl (C=O) groups is 2. The maximum Gasteiger partial charge on any atom is 0.407 e. The van der Waals surface area contributed by atoms with Crippen molar-refractivity contribution in [3.05, 3.63) is 58.3 Å². The lowest BCUT2D eigenvalue weighted by molar-refractivity contribution is -0.129. The summed E-state index contributed by atoms with van der Waals surface area (Å²) in [6.45, 7) is 0.200. The zero-order valence-corrected chi connectivity index (χ0v) is 14.0. The second kappa shape index (κ2) is 8.33. The monoisotopic (exact) mass is 332 g/mol. The van der Waals surface area contributed by atoms with Crippen LogP contribution in [0.3, 0.4) is 0 Å². The fourth-order valence-electron chi connectivity index (χ4n) is 1.98. The van der Waals surface area contributed by atoms with Gasteiger partial charge >= 0.3 is 6.09 Å². The van der Waals surface area contributed by atoms with Crippen molar-refractivity contribution in [3.8, 4) is 0 Å². The van der Waals surface area contributed by atoms with E-state index in [0.29, 0.717) is 0 Å². The quantitative estimate of drug-likeness (QED) is 0.884. The van der Waals surface area contributed by atoms with Crippen LogP contribution in [0, 0.1) is 0 Å². The van der Waals surface area contributed by atoms with E-state index in [2.05, 4.69) is 5.32 Å². The number of benzene rings is 1. The van der Waals surface area contributed by atoms with Gasteiger partial charge in [0.25, 0.3) is 0 Å². The lowest BCUT2D eigenvalue weighted by Crippen LogP contribution is -2.33. The first kappa shape index (κ1) is 17.0. The summed E-state index contributed by atoms with van der Waals surface area (Å²) in [5.74, 6) is -0.0493. The van der Waals surface area contributed by atoms with E-state index < -0.39 is 6.09 Å². The number of nitrogens with one attached hydrogen (secondary N) is 1. The summed E-state index contributed by atoms with van der Waals surface area (Å²) in [6.07, 6.45) is -0.327. The normalized spacial score (nSPS) is 11.6. The molecule has 0 saturated heterocycles. The molecule has 1 atom stereocenters. The van der Waals surface area contributed by atoms with Crippen molar-refractivity contribution in [2.24, 2.45) is 0 Å². The predicted molar refractivity (Wildman–Crippen MR) is 90.1 cm³/mol. The van der Waals surface area contributed by atoms with E-state index in [-0.39, 0.29) is 25.0 Å². The minimum atomic E-state index is -0.529. The van der Waals surface area contributed by atoms with Crippen molar-refractivity contribution >= 4 is 23.3 Å². The van der Waals surface area contributed by atoms with Gasteiger partial charge in [0, 0.05) is 19.0 Å². The van der Waals surface area contributed by atoms with E-state index in [1.54, 1.807) is 14.1 Å². The zero-order chi connectivity index (χ0) is 16.7. The fourth-order valence-corrected chi connectivity index (χ4v) is 2.75. The molecule has 2 amide bonds. The molecule has 122 valence electrons. The van der Waals surface area contributed by atoms with Crippen molar-refractivity contribution in [1.29, 1.82) is 0 Å². The van der Waals surface area contributed by atoms with E-state index in [4.69, 9.17) is 4.74 Å². The van der Waals surface area contributed by atoms with Gasteiger partial charge in [0.2, 0.25) is 5.91 Å². The van der Waals surface area contributed by atoms with Crippen LogP contribution in [0.2, 0.25) is 0 Å². The molecule has 0 radical (unpaired) electrons. The van der Waals surface area contributed by atoms with Crippen molar-refractivity contribution < 1.29 is 14.3 Å². The third kappa shape index (κ3) is 5.41. The second-order valence-electron chi connectivity index (χ2n) is 5.27. The molecule has 1 heterocycles. The molecular weight excluding hydrogens is 312 g/mol. The first-order valence-electron chi connectivity index (χ1n) is 7.27. The average Bonchev–Trinajstić information content (AvgIpc) is 3.07. The number of hydrogen-bond donors (Lipinski definition) is 1. The maximum atomic E-state index is 12.0. The Morgan fingerprint density at radius 3 is 2.52 bits per heavy atom. The van der Waals surface area contributed by atoms with Gasteiger partial charge in [-0.25, -0.2) is 4.79 Å². The van der Waals surface area contributed by atoms with Crippen molar-refractivity contribution in [1.82, 2.24) is 10.2 Å². The molecule has 1 aromatic carbocycles. The molecule has 23 heavy (non-hydrogen) atoms. The van der Waals surface area contributed by atoms with Gasteiger partial charge < -0.3 is 15.0 Å². The van der Waals surface area contributed by atoms with Gasteiger partial charge in [0.1, 0.15) is 6.61 Å². The van der Waals surface area contributed by atoms with Crippen LogP contribution < -0.4 is 5.32 Å². The SMILES string of the molecule is CN(C)C(=O)CC(NC(=O)OCc1ccccc1)c1cccs1. The van der Waals surface area contributed by atoms with Crippen LogP contribution >= 0.6 is 11.3 Å². The third-order valence-corrected chi connectivity index (χ3v) is 4.25. The van der Waals surface area contributed by atoms with Crippen LogP contribution in [-0.4, -0.2) is 31.0 Å². The smallest absolute Gasteiger partial charge is 0.407 e. The molecule has 0 aliphatic rings. The topological polar surface area (TPSA) is 58.6 Å². The van der Waals surface area contributed by atoms with Crippen molar-refractivity contribution in [3.63, 3.8) is 0 Å². The Bertz CT molecular complexity index is 627. The minimum Gasteiger partial charge on any atom is -0.445 e. The molecule has 2 aromatic rings. The first-order chi connectivity index (χ1) is 11.1. The maximum absolute atomic E-state index is 12.0. The number of nitrogens with zero attached hydrogens (tertiary/aromatic N) is 1. The largest absolute Gasteiger partial charge is 0.445 e. The summed E-state index contributed by atoms with van der Waals surface area (Å²) in [7, 11) is 3.39. The molecule has 2 rings (SSSR count). The highest BCUT2D eigenvalue weighted by Gasteiger charge is 2.21. The summed E-state index contributed by atoms with van der Waals surface area (Å²) in [4.78, 5) is 26.4.